The Kier molecular flexibility index (Phi) is 10.2. The molecule has 7 heteroatoms. The van der Waals surface area contributed by atoms with Crippen LogP contribution in [0.1, 0.15) is 37.0 Å². The number of benzene rings is 3. The minimum atomic E-state index is -0.724. The summed E-state index contributed by atoms with van der Waals surface area (Å²) in [6, 6.07) is 21.7. The Morgan fingerprint density at radius 3 is 2.36 bits per heavy atom. The number of hydrogen-bond acceptors (Lipinski definition) is 3. The van der Waals surface area contributed by atoms with Gasteiger partial charge in [-0.05, 0) is 55.2 Å². The first-order valence-electron chi connectivity index (χ1n) is 12.0. The van der Waals surface area contributed by atoms with Gasteiger partial charge in [-0.1, -0.05) is 84.7 Å². The average molecular weight is 527 g/mol. The monoisotopic (exact) mass is 526 g/mol. The number of nitrogens with zero attached hydrogens (tertiary/aromatic N) is 1. The number of carbonyl (C=O) groups is 2. The van der Waals surface area contributed by atoms with Crippen molar-refractivity contribution in [3.05, 3.63) is 99.5 Å². The van der Waals surface area contributed by atoms with Crippen LogP contribution in [0.15, 0.2) is 72.8 Å². The molecule has 0 radical (unpaired) electrons. The molecule has 0 aliphatic heterocycles. The Morgan fingerprint density at radius 1 is 1.00 bits per heavy atom. The van der Waals surface area contributed by atoms with Crippen LogP contribution < -0.4 is 10.1 Å². The lowest BCUT2D eigenvalue weighted by Crippen LogP contribution is -2.53. The molecule has 2 atom stereocenters. The second kappa shape index (κ2) is 13.3. The van der Waals surface area contributed by atoms with Crippen LogP contribution in [-0.2, 0) is 22.6 Å². The smallest absolute Gasteiger partial charge is 0.261 e. The Bertz CT molecular complexity index is 1170. The van der Waals surface area contributed by atoms with Gasteiger partial charge < -0.3 is 15.0 Å². The number of hydrogen-bond donors (Lipinski definition) is 1. The molecule has 190 valence electrons. The van der Waals surface area contributed by atoms with E-state index in [9.17, 15) is 9.59 Å². The molecule has 1 N–H and O–H groups in total. The maximum atomic E-state index is 13.7. The molecular weight excluding hydrogens is 495 g/mol. The first-order valence-corrected chi connectivity index (χ1v) is 12.8. The molecule has 0 heterocycles. The maximum absolute atomic E-state index is 13.7. The zero-order chi connectivity index (χ0) is 26.1. The highest BCUT2D eigenvalue weighted by Crippen LogP contribution is 2.27. The summed E-state index contributed by atoms with van der Waals surface area (Å²) in [5, 5.41) is 3.86. The van der Waals surface area contributed by atoms with E-state index in [0.717, 1.165) is 23.1 Å². The largest absolute Gasteiger partial charge is 0.482 e. The quantitative estimate of drug-likeness (QED) is 0.322. The van der Waals surface area contributed by atoms with Crippen LogP contribution >= 0.6 is 23.2 Å². The van der Waals surface area contributed by atoms with E-state index in [1.54, 1.807) is 23.1 Å². The third-order valence-electron chi connectivity index (χ3n) is 6.12. The molecule has 3 aromatic carbocycles. The summed E-state index contributed by atoms with van der Waals surface area (Å²) in [5.74, 6) is -0.155. The molecule has 0 aliphatic rings. The van der Waals surface area contributed by atoms with Gasteiger partial charge in [0.25, 0.3) is 5.91 Å². The van der Waals surface area contributed by atoms with Gasteiger partial charge in [0, 0.05) is 24.0 Å². The zero-order valence-corrected chi connectivity index (χ0v) is 22.4. The Balaban J connectivity index is 1.93. The zero-order valence-electron chi connectivity index (χ0n) is 20.8. The molecule has 2 amide bonds. The first-order chi connectivity index (χ1) is 17.3. The van der Waals surface area contributed by atoms with Crippen molar-refractivity contribution >= 4 is 35.0 Å². The summed E-state index contributed by atoms with van der Waals surface area (Å²) in [4.78, 5) is 28.8. The number of nitrogens with one attached hydrogen (secondary N) is 1. The molecule has 3 aromatic rings. The first kappa shape index (κ1) is 27.6. The van der Waals surface area contributed by atoms with Gasteiger partial charge >= 0.3 is 0 Å². The SMILES string of the molecule is CC[C@@H](C)NC(=O)[C@H](Cc1ccccc1)N(Cc1ccccc1C)C(=O)COc1ccc(Cl)cc1Cl. The highest BCUT2D eigenvalue weighted by atomic mass is 35.5. The lowest BCUT2D eigenvalue weighted by molar-refractivity contribution is -0.143. The van der Waals surface area contributed by atoms with Gasteiger partial charge in [0.15, 0.2) is 6.61 Å². The lowest BCUT2D eigenvalue weighted by atomic mass is 10.0. The van der Waals surface area contributed by atoms with Crippen molar-refractivity contribution < 1.29 is 14.3 Å². The number of ether oxygens (including phenoxy) is 1. The topological polar surface area (TPSA) is 58.6 Å². The average Bonchev–Trinajstić information content (AvgIpc) is 2.87. The molecule has 0 saturated carbocycles. The molecule has 3 rings (SSSR count). The van der Waals surface area contributed by atoms with Gasteiger partial charge in [-0.3, -0.25) is 9.59 Å². The molecule has 0 bridgehead atoms. The fourth-order valence-electron chi connectivity index (χ4n) is 3.78. The Morgan fingerprint density at radius 2 is 1.69 bits per heavy atom. The van der Waals surface area contributed by atoms with Crippen molar-refractivity contribution in [3.8, 4) is 5.75 Å². The van der Waals surface area contributed by atoms with Gasteiger partial charge in [-0.2, -0.15) is 0 Å². The number of carbonyl (C=O) groups excluding carboxylic acids is 2. The van der Waals surface area contributed by atoms with Gasteiger partial charge in [-0.15, -0.1) is 0 Å². The number of aryl methyl sites for hydroxylation is 1. The molecule has 0 saturated heterocycles. The third-order valence-corrected chi connectivity index (χ3v) is 6.65. The number of rotatable bonds is 11. The van der Waals surface area contributed by atoms with Crippen LogP contribution in [0, 0.1) is 6.92 Å². The van der Waals surface area contributed by atoms with Crippen molar-refractivity contribution in [1.29, 1.82) is 0 Å². The molecule has 0 spiro atoms. The van der Waals surface area contributed by atoms with Crippen LogP contribution in [0.4, 0.5) is 0 Å². The van der Waals surface area contributed by atoms with E-state index in [1.807, 2.05) is 75.4 Å². The van der Waals surface area contributed by atoms with E-state index in [0.29, 0.717) is 22.2 Å². The Labute approximate surface area is 223 Å². The fourth-order valence-corrected chi connectivity index (χ4v) is 4.24. The maximum Gasteiger partial charge on any atom is 0.261 e. The van der Waals surface area contributed by atoms with Crippen LogP contribution in [0.2, 0.25) is 10.0 Å². The van der Waals surface area contributed by atoms with Crippen LogP contribution in [0.5, 0.6) is 5.75 Å². The van der Waals surface area contributed by atoms with Crippen molar-refractivity contribution in [2.45, 2.75) is 52.2 Å². The normalized spacial score (nSPS) is 12.5. The van der Waals surface area contributed by atoms with Gasteiger partial charge in [0.05, 0.1) is 5.02 Å². The summed E-state index contributed by atoms with van der Waals surface area (Å²) in [6.45, 7) is 5.96. The lowest BCUT2D eigenvalue weighted by Gasteiger charge is -2.32. The Hall–Kier alpha value is -3.02. The molecule has 0 fully saturated rings. The van der Waals surface area contributed by atoms with Crippen LogP contribution in [-0.4, -0.2) is 35.4 Å². The fraction of sp³-hybridized carbons (Fsp3) is 0.310. The van der Waals surface area contributed by atoms with Crippen molar-refractivity contribution in [2.75, 3.05) is 6.61 Å². The van der Waals surface area contributed by atoms with E-state index >= 15 is 0 Å². The van der Waals surface area contributed by atoms with E-state index in [1.165, 1.54) is 0 Å². The minimum Gasteiger partial charge on any atom is -0.482 e. The summed E-state index contributed by atoms with van der Waals surface area (Å²) in [5.41, 5.74) is 2.97. The minimum absolute atomic E-state index is 0.0182. The third kappa shape index (κ3) is 7.74. The molecule has 0 aromatic heterocycles. The predicted molar refractivity (Wildman–Crippen MR) is 146 cm³/mol. The molecule has 36 heavy (non-hydrogen) atoms. The molecular formula is C29H32Cl2N2O3. The highest BCUT2D eigenvalue weighted by Gasteiger charge is 2.31. The summed E-state index contributed by atoms with van der Waals surface area (Å²) in [7, 11) is 0. The van der Waals surface area contributed by atoms with Crippen molar-refractivity contribution in [1.82, 2.24) is 10.2 Å². The number of halogens is 2. The standard InChI is InChI=1S/C29H32Cl2N2O3/c1-4-21(3)32-29(35)26(16-22-11-6-5-7-12-22)33(18-23-13-9-8-10-20(23)2)28(34)19-36-27-15-14-24(30)17-25(27)31/h5-15,17,21,26H,4,16,18-19H2,1-3H3,(H,32,35)/t21-,26+/m1/s1. The van der Waals surface area contributed by atoms with E-state index in [2.05, 4.69) is 5.32 Å². The van der Waals surface area contributed by atoms with E-state index in [4.69, 9.17) is 27.9 Å². The highest BCUT2D eigenvalue weighted by molar-refractivity contribution is 6.35. The second-order valence-electron chi connectivity index (χ2n) is 8.83. The number of amides is 2. The predicted octanol–water partition coefficient (Wildman–Crippen LogP) is 6.24. The summed E-state index contributed by atoms with van der Waals surface area (Å²) >= 11 is 12.2. The van der Waals surface area contributed by atoms with Gasteiger partial charge in [0.1, 0.15) is 11.8 Å². The molecule has 5 nitrogen and oxygen atoms in total. The van der Waals surface area contributed by atoms with Gasteiger partial charge in [-0.25, -0.2) is 0 Å². The second-order valence-corrected chi connectivity index (χ2v) is 9.68. The van der Waals surface area contributed by atoms with Crippen LogP contribution in [0.25, 0.3) is 0 Å². The van der Waals surface area contributed by atoms with E-state index in [-0.39, 0.29) is 31.0 Å². The van der Waals surface area contributed by atoms with Gasteiger partial charge in [0.2, 0.25) is 5.91 Å². The summed E-state index contributed by atoms with van der Waals surface area (Å²) < 4.78 is 5.77. The summed E-state index contributed by atoms with van der Waals surface area (Å²) in [6.07, 6.45) is 1.16. The van der Waals surface area contributed by atoms with Crippen molar-refractivity contribution in [3.63, 3.8) is 0 Å². The van der Waals surface area contributed by atoms with Crippen molar-refractivity contribution in [2.24, 2.45) is 0 Å². The van der Waals surface area contributed by atoms with Crippen LogP contribution in [0.3, 0.4) is 0 Å². The molecule has 0 aliphatic carbocycles. The van der Waals surface area contributed by atoms with E-state index < -0.39 is 6.04 Å². The molecule has 0 unspecified atom stereocenters.